The Morgan fingerprint density at radius 1 is 1.00 bits per heavy atom. The first-order valence-electron chi connectivity index (χ1n) is 8.54. The number of ether oxygens (including phenoxy) is 3. The maximum atomic E-state index is 12.5. The van der Waals surface area contributed by atoms with Gasteiger partial charge in [0.05, 0.1) is 19.1 Å². The van der Waals surface area contributed by atoms with E-state index in [4.69, 9.17) is 9.47 Å². The second-order valence-corrected chi connectivity index (χ2v) is 7.53. The fourth-order valence-corrected chi connectivity index (χ4v) is 3.47. The van der Waals surface area contributed by atoms with Crippen LogP contribution in [0.15, 0.2) is 59.5 Å². The SMILES string of the molecule is COC(=O)C(CNC(=O)OCc1ccccc1)NS(=O)(=O)c1ccc(OC)cc1. The fourth-order valence-electron chi connectivity index (χ4n) is 2.29. The molecule has 1 unspecified atom stereocenters. The number of alkyl carbamates (subject to hydrolysis) is 1. The Hall–Kier alpha value is -3.11. The van der Waals surface area contributed by atoms with Gasteiger partial charge in [-0.15, -0.1) is 0 Å². The van der Waals surface area contributed by atoms with Crippen molar-refractivity contribution in [1.29, 1.82) is 0 Å². The molecule has 156 valence electrons. The van der Waals surface area contributed by atoms with Gasteiger partial charge in [-0.3, -0.25) is 4.79 Å². The predicted octanol–water partition coefficient (Wildman–Crippen LogP) is 1.44. The third-order valence-corrected chi connectivity index (χ3v) is 5.30. The van der Waals surface area contributed by atoms with Crippen molar-refractivity contribution in [3.05, 3.63) is 60.2 Å². The van der Waals surface area contributed by atoms with E-state index in [1.54, 1.807) is 24.3 Å². The summed E-state index contributed by atoms with van der Waals surface area (Å²) < 4.78 is 41.9. The van der Waals surface area contributed by atoms with Gasteiger partial charge in [-0.2, -0.15) is 4.72 Å². The van der Waals surface area contributed by atoms with E-state index in [0.29, 0.717) is 5.75 Å². The Morgan fingerprint density at radius 3 is 2.24 bits per heavy atom. The number of rotatable bonds is 9. The highest BCUT2D eigenvalue weighted by Gasteiger charge is 2.27. The zero-order valence-corrected chi connectivity index (χ0v) is 16.8. The predicted molar refractivity (Wildman–Crippen MR) is 104 cm³/mol. The van der Waals surface area contributed by atoms with Gasteiger partial charge >= 0.3 is 12.1 Å². The molecule has 2 rings (SSSR count). The van der Waals surface area contributed by atoms with Crippen molar-refractivity contribution < 1.29 is 32.2 Å². The van der Waals surface area contributed by atoms with Crippen LogP contribution < -0.4 is 14.8 Å². The Morgan fingerprint density at radius 2 is 1.66 bits per heavy atom. The van der Waals surface area contributed by atoms with Gasteiger partial charge in [0.2, 0.25) is 10.0 Å². The molecule has 2 aromatic carbocycles. The third-order valence-electron chi connectivity index (χ3n) is 3.82. The van der Waals surface area contributed by atoms with Crippen molar-refractivity contribution in [3.63, 3.8) is 0 Å². The zero-order chi connectivity index (χ0) is 21.3. The van der Waals surface area contributed by atoms with E-state index in [0.717, 1.165) is 12.7 Å². The molecular weight excluding hydrogens is 400 g/mol. The molecule has 0 fully saturated rings. The number of carbonyl (C=O) groups excluding carboxylic acids is 2. The third kappa shape index (κ3) is 6.77. The number of sulfonamides is 1. The highest BCUT2D eigenvalue weighted by Crippen LogP contribution is 2.15. The molecule has 0 heterocycles. The number of hydrogen-bond donors (Lipinski definition) is 2. The zero-order valence-electron chi connectivity index (χ0n) is 16.0. The van der Waals surface area contributed by atoms with Crippen LogP contribution in [0.1, 0.15) is 5.56 Å². The van der Waals surface area contributed by atoms with E-state index in [1.807, 2.05) is 6.07 Å². The fraction of sp³-hybridized carbons (Fsp3) is 0.263. The molecule has 0 aliphatic rings. The Balaban J connectivity index is 1.97. The summed E-state index contributed by atoms with van der Waals surface area (Å²) in [6.07, 6.45) is -0.800. The van der Waals surface area contributed by atoms with Crippen molar-refractivity contribution in [2.45, 2.75) is 17.5 Å². The first kappa shape index (κ1) is 22.2. The van der Waals surface area contributed by atoms with E-state index in [-0.39, 0.29) is 18.0 Å². The summed E-state index contributed by atoms with van der Waals surface area (Å²) >= 11 is 0. The minimum absolute atomic E-state index is 0.0349. The number of carbonyl (C=O) groups is 2. The Labute approximate surface area is 169 Å². The number of esters is 1. The van der Waals surface area contributed by atoms with Gasteiger partial charge in [-0.05, 0) is 29.8 Å². The van der Waals surface area contributed by atoms with Gasteiger partial charge in [0.25, 0.3) is 0 Å². The van der Waals surface area contributed by atoms with Crippen molar-refractivity contribution in [3.8, 4) is 5.75 Å². The van der Waals surface area contributed by atoms with E-state index >= 15 is 0 Å². The molecule has 2 aromatic rings. The second-order valence-electron chi connectivity index (χ2n) is 5.82. The van der Waals surface area contributed by atoms with Crippen LogP contribution in [0.3, 0.4) is 0 Å². The second kappa shape index (κ2) is 10.4. The summed E-state index contributed by atoms with van der Waals surface area (Å²) in [5.74, 6) is -0.373. The topological polar surface area (TPSA) is 120 Å². The molecule has 2 N–H and O–H groups in total. The molecule has 0 aliphatic heterocycles. The lowest BCUT2D eigenvalue weighted by atomic mass is 10.2. The Kier molecular flexibility index (Phi) is 7.98. The van der Waals surface area contributed by atoms with Crippen LogP contribution in [0, 0.1) is 0 Å². The van der Waals surface area contributed by atoms with Crippen LogP contribution in [0.25, 0.3) is 0 Å². The van der Waals surface area contributed by atoms with Gasteiger partial charge in [-0.1, -0.05) is 30.3 Å². The van der Waals surface area contributed by atoms with Crippen molar-refractivity contribution in [2.75, 3.05) is 20.8 Å². The van der Waals surface area contributed by atoms with Gasteiger partial charge in [0.1, 0.15) is 18.4 Å². The monoisotopic (exact) mass is 422 g/mol. The first-order chi connectivity index (χ1) is 13.9. The number of nitrogens with one attached hydrogen (secondary N) is 2. The molecule has 0 aliphatic carbocycles. The van der Waals surface area contributed by atoms with Crippen LogP contribution in [-0.2, 0) is 30.9 Å². The maximum Gasteiger partial charge on any atom is 0.407 e. The standard InChI is InChI=1S/C19H22N2O7S/c1-26-15-8-10-16(11-9-15)29(24,25)21-17(18(22)27-2)12-20-19(23)28-13-14-6-4-3-5-7-14/h3-11,17,21H,12-13H2,1-2H3,(H,20,23). The molecule has 1 atom stereocenters. The van der Waals surface area contributed by atoms with Crippen LogP contribution in [0.2, 0.25) is 0 Å². The molecule has 0 spiro atoms. The summed E-state index contributed by atoms with van der Waals surface area (Å²) in [6, 6.07) is 13.3. The molecule has 9 nitrogen and oxygen atoms in total. The lowest BCUT2D eigenvalue weighted by Gasteiger charge is -2.17. The maximum absolute atomic E-state index is 12.5. The van der Waals surface area contributed by atoms with Crippen LogP contribution in [-0.4, -0.2) is 47.3 Å². The van der Waals surface area contributed by atoms with E-state index in [1.165, 1.54) is 31.4 Å². The number of methoxy groups -OCH3 is 2. The highest BCUT2D eigenvalue weighted by atomic mass is 32.2. The van der Waals surface area contributed by atoms with E-state index < -0.39 is 28.1 Å². The molecule has 0 saturated carbocycles. The largest absolute Gasteiger partial charge is 0.497 e. The van der Waals surface area contributed by atoms with Gasteiger partial charge in [0.15, 0.2) is 0 Å². The molecule has 0 saturated heterocycles. The smallest absolute Gasteiger partial charge is 0.407 e. The Bertz CT molecular complexity index is 915. The lowest BCUT2D eigenvalue weighted by molar-refractivity contribution is -0.142. The molecule has 29 heavy (non-hydrogen) atoms. The van der Waals surface area contributed by atoms with Gasteiger partial charge in [0, 0.05) is 6.54 Å². The minimum Gasteiger partial charge on any atom is -0.497 e. The average molecular weight is 422 g/mol. The molecule has 0 bridgehead atoms. The molecular formula is C19H22N2O7S. The average Bonchev–Trinajstić information content (AvgIpc) is 2.75. The normalized spacial score (nSPS) is 11.9. The number of benzene rings is 2. The van der Waals surface area contributed by atoms with Gasteiger partial charge in [-0.25, -0.2) is 13.2 Å². The number of hydrogen-bond acceptors (Lipinski definition) is 7. The highest BCUT2D eigenvalue weighted by molar-refractivity contribution is 7.89. The molecule has 0 radical (unpaired) electrons. The molecule has 1 amide bonds. The summed E-state index contributed by atoms with van der Waals surface area (Å²) in [4.78, 5) is 23.7. The minimum atomic E-state index is -4.04. The summed E-state index contributed by atoms with van der Waals surface area (Å²) in [7, 11) is -1.47. The van der Waals surface area contributed by atoms with E-state index in [2.05, 4.69) is 14.8 Å². The lowest BCUT2D eigenvalue weighted by Crippen LogP contribution is -2.48. The van der Waals surface area contributed by atoms with E-state index in [9.17, 15) is 18.0 Å². The summed E-state index contributed by atoms with van der Waals surface area (Å²) in [5, 5.41) is 2.35. The van der Waals surface area contributed by atoms with Gasteiger partial charge < -0.3 is 19.5 Å². The van der Waals surface area contributed by atoms with Crippen molar-refractivity contribution >= 4 is 22.1 Å². The number of amides is 1. The summed E-state index contributed by atoms with van der Waals surface area (Å²) in [6.45, 7) is -0.317. The van der Waals surface area contributed by atoms with Crippen LogP contribution in [0.5, 0.6) is 5.75 Å². The summed E-state index contributed by atoms with van der Waals surface area (Å²) in [5.41, 5.74) is 0.785. The quantitative estimate of drug-likeness (QED) is 0.587. The van der Waals surface area contributed by atoms with Crippen molar-refractivity contribution in [2.24, 2.45) is 0 Å². The molecule has 10 heteroatoms. The first-order valence-corrected chi connectivity index (χ1v) is 10.0. The van der Waals surface area contributed by atoms with Crippen molar-refractivity contribution in [1.82, 2.24) is 10.0 Å². The molecule has 0 aromatic heterocycles. The van der Waals surface area contributed by atoms with Crippen LogP contribution in [0.4, 0.5) is 4.79 Å². The van der Waals surface area contributed by atoms with Crippen LogP contribution >= 0.6 is 0 Å².